The fourth-order valence-corrected chi connectivity index (χ4v) is 1.34. The highest BCUT2D eigenvalue weighted by molar-refractivity contribution is 5.77. The number of piperidine rings is 1. The van der Waals surface area contributed by atoms with Crippen LogP contribution in [0.2, 0.25) is 0 Å². The highest BCUT2D eigenvalue weighted by atomic mass is 16.1. The maximum atomic E-state index is 10.9. The van der Waals surface area contributed by atoms with Crippen molar-refractivity contribution in [3.63, 3.8) is 0 Å². The molecule has 0 aromatic heterocycles. The molecule has 10 heavy (non-hydrogen) atoms. The molecule has 1 aliphatic heterocycles. The van der Waals surface area contributed by atoms with Gasteiger partial charge in [0.1, 0.15) is 0 Å². The van der Waals surface area contributed by atoms with Crippen molar-refractivity contribution < 1.29 is 4.79 Å². The standard InChI is InChI=1S/C8H15NO/c1-3-8(2)4-5-9-7(10)6-8/h3-6H2,1-2H3,(H,9,10). The zero-order valence-corrected chi connectivity index (χ0v) is 6.74. The molecule has 0 aliphatic carbocycles. The first-order valence-electron chi connectivity index (χ1n) is 3.93. The summed E-state index contributed by atoms with van der Waals surface area (Å²) < 4.78 is 0. The number of rotatable bonds is 1. The monoisotopic (exact) mass is 141 g/mol. The second-order valence-corrected chi connectivity index (χ2v) is 3.44. The Morgan fingerprint density at radius 1 is 1.70 bits per heavy atom. The number of amides is 1. The smallest absolute Gasteiger partial charge is 0.220 e. The third-order valence-corrected chi connectivity index (χ3v) is 2.49. The Hall–Kier alpha value is -0.530. The van der Waals surface area contributed by atoms with Gasteiger partial charge in [-0.15, -0.1) is 0 Å². The summed E-state index contributed by atoms with van der Waals surface area (Å²) in [6.45, 7) is 5.20. The lowest BCUT2D eigenvalue weighted by molar-refractivity contribution is -0.125. The van der Waals surface area contributed by atoms with Crippen LogP contribution in [0.3, 0.4) is 0 Å². The maximum absolute atomic E-state index is 10.9. The average Bonchev–Trinajstić information content (AvgIpc) is 1.88. The summed E-state index contributed by atoms with van der Waals surface area (Å²) in [4.78, 5) is 10.9. The zero-order valence-electron chi connectivity index (χ0n) is 6.74. The topological polar surface area (TPSA) is 29.1 Å². The van der Waals surface area contributed by atoms with E-state index in [1.807, 2.05) is 0 Å². The van der Waals surface area contributed by atoms with E-state index >= 15 is 0 Å². The highest BCUT2D eigenvalue weighted by Crippen LogP contribution is 2.31. The minimum atomic E-state index is 0.218. The van der Waals surface area contributed by atoms with Crippen LogP contribution in [-0.2, 0) is 4.79 Å². The molecule has 1 saturated heterocycles. The number of nitrogens with one attached hydrogen (secondary N) is 1. The molecular weight excluding hydrogens is 126 g/mol. The van der Waals surface area contributed by atoms with E-state index in [-0.39, 0.29) is 11.3 Å². The highest BCUT2D eigenvalue weighted by Gasteiger charge is 2.28. The fraction of sp³-hybridized carbons (Fsp3) is 0.875. The largest absolute Gasteiger partial charge is 0.356 e. The minimum absolute atomic E-state index is 0.218. The summed E-state index contributed by atoms with van der Waals surface area (Å²) in [5, 5.41) is 2.83. The van der Waals surface area contributed by atoms with Gasteiger partial charge in [-0.3, -0.25) is 4.79 Å². The van der Waals surface area contributed by atoms with Crippen molar-refractivity contribution in [2.45, 2.75) is 33.1 Å². The summed E-state index contributed by atoms with van der Waals surface area (Å²) in [6.07, 6.45) is 2.96. The fourth-order valence-electron chi connectivity index (χ4n) is 1.34. The Labute approximate surface area is 62.0 Å². The van der Waals surface area contributed by atoms with Gasteiger partial charge in [-0.2, -0.15) is 0 Å². The molecule has 1 aliphatic rings. The lowest BCUT2D eigenvalue weighted by Gasteiger charge is -2.31. The van der Waals surface area contributed by atoms with Crippen molar-refractivity contribution in [1.82, 2.24) is 5.32 Å². The molecule has 1 heterocycles. The van der Waals surface area contributed by atoms with Crippen molar-refractivity contribution >= 4 is 5.91 Å². The van der Waals surface area contributed by atoms with Gasteiger partial charge in [0.05, 0.1) is 0 Å². The van der Waals surface area contributed by atoms with Crippen LogP contribution in [-0.4, -0.2) is 12.5 Å². The van der Waals surface area contributed by atoms with E-state index in [2.05, 4.69) is 19.2 Å². The van der Waals surface area contributed by atoms with Crippen molar-refractivity contribution in [2.24, 2.45) is 5.41 Å². The van der Waals surface area contributed by atoms with E-state index in [1.165, 1.54) is 0 Å². The predicted octanol–water partition coefficient (Wildman–Crippen LogP) is 1.31. The van der Waals surface area contributed by atoms with Gasteiger partial charge >= 0.3 is 0 Å². The first kappa shape index (κ1) is 7.58. The summed E-state index contributed by atoms with van der Waals surface area (Å²) in [5.74, 6) is 0.218. The van der Waals surface area contributed by atoms with Gasteiger partial charge in [0.25, 0.3) is 0 Å². The first-order chi connectivity index (χ1) is 4.66. The predicted molar refractivity (Wildman–Crippen MR) is 40.6 cm³/mol. The molecule has 0 spiro atoms. The van der Waals surface area contributed by atoms with Crippen molar-refractivity contribution in [3.05, 3.63) is 0 Å². The third kappa shape index (κ3) is 1.49. The number of carbonyl (C=O) groups excluding carboxylic acids is 1. The van der Waals surface area contributed by atoms with Crippen LogP contribution in [0, 0.1) is 5.41 Å². The first-order valence-corrected chi connectivity index (χ1v) is 3.93. The molecule has 1 amide bonds. The number of carbonyl (C=O) groups is 1. The normalized spacial score (nSPS) is 33.6. The summed E-state index contributed by atoms with van der Waals surface area (Å²) in [5.41, 5.74) is 0.280. The van der Waals surface area contributed by atoms with Crippen LogP contribution in [0.1, 0.15) is 33.1 Å². The molecule has 58 valence electrons. The van der Waals surface area contributed by atoms with Gasteiger partial charge in [-0.25, -0.2) is 0 Å². The Balaban J connectivity index is 2.53. The van der Waals surface area contributed by atoms with Crippen molar-refractivity contribution in [3.8, 4) is 0 Å². The van der Waals surface area contributed by atoms with Crippen molar-refractivity contribution in [1.29, 1.82) is 0 Å². The van der Waals surface area contributed by atoms with Crippen molar-refractivity contribution in [2.75, 3.05) is 6.54 Å². The molecule has 1 N–H and O–H groups in total. The molecular formula is C8H15NO. The van der Waals surface area contributed by atoms with Gasteiger partial charge in [-0.1, -0.05) is 20.3 Å². The summed E-state index contributed by atoms with van der Waals surface area (Å²) >= 11 is 0. The SMILES string of the molecule is CCC1(C)CCNC(=O)C1. The Morgan fingerprint density at radius 3 is 2.80 bits per heavy atom. The lowest BCUT2D eigenvalue weighted by Crippen LogP contribution is -2.38. The van der Waals surface area contributed by atoms with Crippen LogP contribution < -0.4 is 5.32 Å². The molecule has 0 aromatic rings. The molecule has 0 bridgehead atoms. The van der Waals surface area contributed by atoms with Gasteiger partial charge in [-0.05, 0) is 11.8 Å². The van der Waals surface area contributed by atoms with E-state index in [0.29, 0.717) is 6.42 Å². The Kier molecular flexibility index (Phi) is 1.97. The quantitative estimate of drug-likeness (QED) is 0.586. The second kappa shape index (κ2) is 2.60. The van der Waals surface area contributed by atoms with E-state index < -0.39 is 0 Å². The van der Waals surface area contributed by atoms with Gasteiger partial charge in [0.15, 0.2) is 0 Å². The molecule has 1 unspecified atom stereocenters. The number of hydrogen-bond donors (Lipinski definition) is 1. The Morgan fingerprint density at radius 2 is 2.40 bits per heavy atom. The van der Waals surface area contributed by atoms with E-state index in [9.17, 15) is 4.79 Å². The average molecular weight is 141 g/mol. The van der Waals surface area contributed by atoms with Crippen LogP contribution in [0.5, 0.6) is 0 Å². The van der Waals surface area contributed by atoms with Gasteiger partial charge in [0, 0.05) is 13.0 Å². The molecule has 0 radical (unpaired) electrons. The zero-order chi connectivity index (χ0) is 7.61. The molecule has 0 aromatic carbocycles. The third-order valence-electron chi connectivity index (χ3n) is 2.49. The molecule has 1 atom stereocenters. The molecule has 1 rings (SSSR count). The summed E-state index contributed by atoms with van der Waals surface area (Å²) in [6, 6.07) is 0. The van der Waals surface area contributed by atoms with Crippen LogP contribution in [0.15, 0.2) is 0 Å². The maximum Gasteiger partial charge on any atom is 0.220 e. The van der Waals surface area contributed by atoms with E-state index in [4.69, 9.17) is 0 Å². The van der Waals surface area contributed by atoms with E-state index in [0.717, 1.165) is 19.4 Å². The molecule has 1 fully saturated rings. The van der Waals surface area contributed by atoms with Gasteiger partial charge in [0.2, 0.25) is 5.91 Å². The molecule has 2 nitrogen and oxygen atoms in total. The van der Waals surface area contributed by atoms with Crippen LogP contribution >= 0.6 is 0 Å². The lowest BCUT2D eigenvalue weighted by atomic mass is 9.78. The van der Waals surface area contributed by atoms with Crippen LogP contribution in [0.25, 0.3) is 0 Å². The van der Waals surface area contributed by atoms with Crippen LogP contribution in [0.4, 0.5) is 0 Å². The minimum Gasteiger partial charge on any atom is -0.356 e. The second-order valence-electron chi connectivity index (χ2n) is 3.44. The Bertz CT molecular complexity index is 144. The summed E-state index contributed by atoms with van der Waals surface area (Å²) in [7, 11) is 0. The van der Waals surface area contributed by atoms with Gasteiger partial charge < -0.3 is 5.32 Å². The molecule has 0 saturated carbocycles. The number of hydrogen-bond acceptors (Lipinski definition) is 1. The molecule has 2 heteroatoms. The van der Waals surface area contributed by atoms with E-state index in [1.54, 1.807) is 0 Å².